The van der Waals surface area contributed by atoms with Crippen LogP contribution in [0, 0.1) is 0 Å². The van der Waals surface area contributed by atoms with Crippen molar-refractivity contribution in [3.05, 3.63) is 30.1 Å². The molecule has 0 aliphatic rings. The normalized spacial score (nSPS) is 11.6. The van der Waals surface area contributed by atoms with Crippen molar-refractivity contribution < 1.29 is 23.9 Å². The van der Waals surface area contributed by atoms with Crippen LogP contribution in [0.1, 0.15) is 57.7 Å². The lowest BCUT2D eigenvalue weighted by Crippen LogP contribution is -2.42. The van der Waals surface area contributed by atoms with Gasteiger partial charge in [-0.2, -0.15) is 5.06 Å². The maximum absolute atomic E-state index is 12.6. The molecule has 0 saturated carbocycles. The van der Waals surface area contributed by atoms with Gasteiger partial charge in [0.05, 0.1) is 18.4 Å². The van der Waals surface area contributed by atoms with Gasteiger partial charge in [0.15, 0.2) is 5.69 Å². The molecule has 1 aromatic heterocycles. The second-order valence-electron chi connectivity index (χ2n) is 7.28. The van der Waals surface area contributed by atoms with Gasteiger partial charge in [-0.15, -0.1) is 0 Å². The molecule has 0 saturated heterocycles. The number of aromatic nitrogens is 1. The van der Waals surface area contributed by atoms with Crippen LogP contribution >= 0.6 is 0 Å². The van der Waals surface area contributed by atoms with Gasteiger partial charge in [0, 0.05) is 0 Å². The molecule has 7 nitrogen and oxygen atoms in total. The summed E-state index contributed by atoms with van der Waals surface area (Å²) in [5.41, 5.74) is -0.946. The molecule has 1 aromatic rings. The third-order valence-corrected chi connectivity index (χ3v) is 2.63. The molecule has 0 N–H and O–H groups in total. The van der Waals surface area contributed by atoms with Crippen LogP contribution in [0.3, 0.4) is 0 Å². The Hall–Kier alpha value is -2.41. The minimum Gasteiger partial charge on any atom is -0.464 e. The molecule has 0 unspecified atom stereocenters. The van der Waals surface area contributed by atoms with E-state index in [0.29, 0.717) is 5.69 Å². The molecule has 0 bridgehead atoms. The lowest BCUT2D eigenvalue weighted by Gasteiger charge is -2.32. The SMILES string of the molecule is C=Cc1ccc(N(OC(C)(C)C)C(=O)OC(C)(C)C)c(C(=O)OC)n1. The average molecular weight is 350 g/mol. The third kappa shape index (κ3) is 6.19. The van der Waals surface area contributed by atoms with E-state index in [2.05, 4.69) is 11.6 Å². The van der Waals surface area contributed by atoms with E-state index in [-0.39, 0.29) is 11.4 Å². The number of carbonyl (C=O) groups is 2. The van der Waals surface area contributed by atoms with Crippen molar-refractivity contribution in [1.29, 1.82) is 0 Å². The topological polar surface area (TPSA) is 78.0 Å². The number of esters is 1. The Labute approximate surface area is 148 Å². The van der Waals surface area contributed by atoms with Crippen molar-refractivity contribution in [1.82, 2.24) is 4.98 Å². The highest BCUT2D eigenvalue weighted by Gasteiger charge is 2.32. The first-order chi connectivity index (χ1) is 11.4. The number of hydroxylamine groups is 1. The number of pyridine rings is 1. The number of ether oxygens (including phenoxy) is 2. The minimum absolute atomic E-state index is 0.0741. The van der Waals surface area contributed by atoms with Crippen molar-refractivity contribution in [3.8, 4) is 0 Å². The van der Waals surface area contributed by atoms with E-state index in [0.717, 1.165) is 5.06 Å². The van der Waals surface area contributed by atoms with Gasteiger partial charge in [0.25, 0.3) is 0 Å². The van der Waals surface area contributed by atoms with Crippen LogP contribution in [-0.4, -0.2) is 35.4 Å². The third-order valence-electron chi connectivity index (χ3n) is 2.63. The zero-order valence-electron chi connectivity index (χ0n) is 15.9. The number of carbonyl (C=O) groups excluding carboxylic acids is 2. The fraction of sp³-hybridized carbons (Fsp3) is 0.500. The molecule has 25 heavy (non-hydrogen) atoms. The lowest BCUT2D eigenvalue weighted by atomic mass is 10.2. The standard InChI is InChI=1S/C18H26N2O5/c1-9-12-10-11-13(14(19-12)15(21)23-8)20(25-18(5,6)7)16(22)24-17(2,3)4/h9-11H,1H2,2-8H3. The molecule has 1 amide bonds. The monoisotopic (exact) mass is 350 g/mol. The van der Waals surface area contributed by atoms with Gasteiger partial charge in [-0.25, -0.2) is 14.6 Å². The van der Waals surface area contributed by atoms with E-state index in [1.807, 2.05) is 0 Å². The summed E-state index contributed by atoms with van der Waals surface area (Å²) in [5.74, 6) is -0.704. The van der Waals surface area contributed by atoms with Crippen molar-refractivity contribution >= 4 is 23.8 Å². The first-order valence-electron chi connectivity index (χ1n) is 7.82. The highest BCUT2D eigenvalue weighted by molar-refractivity contribution is 5.98. The number of methoxy groups -OCH3 is 1. The Morgan fingerprint density at radius 1 is 1.12 bits per heavy atom. The summed E-state index contributed by atoms with van der Waals surface area (Å²) in [7, 11) is 1.23. The maximum Gasteiger partial charge on any atom is 0.439 e. The Balaban J connectivity index is 3.45. The van der Waals surface area contributed by atoms with E-state index in [4.69, 9.17) is 14.3 Å². The van der Waals surface area contributed by atoms with Crippen molar-refractivity contribution in [2.45, 2.75) is 52.7 Å². The van der Waals surface area contributed by atoms with E-state index in [1.165, 1.54) is 19.3 Å². The first-order valence-corrected chi connectivity index (χ1v) is 7.82. The number of anilines is 1. The Kier molecular flexibility index (Phi) is 6.31. The maximum atomic E-state index is 12.6. The van der Waals surface area contributed by atoms with Crippen LogP contribution in [0.4, 0.5) is 10.5 Å². The minimum atomic E-state index is -0.763. The molecule has 7 heteroatoms. The van der Waals surface area contributed by atoms with Gasteiger partial charge in [0.2, 0.25) is 0 Å². The van der Waals surface area contributed by atoms with Crippen LogP contribution in [0.15, 0.2) is 18.7 Å². The largest absolute Gasteiger partial charge is 0.464 e. The molecular weight excluding hydrogens is 324 g/mol. The fourth-order valence-corrected chi connectivity index (χ4v) is 1.75. The zero-order valence-corrected chi connectivity index (χ0v) is 15.9. The Morgan fingerprint density at radius 2 is 1.72 bits per heavy atom. The molecule has 1 rings (SSSR count). The Bertz CT molecular complexity index is 656. The summed E-state index contributed by atoms with van der Waals surface area (Å²) in [6.45, 7) is 14.1. The molecule has 0 atom stereocenters. The number of nitrogens with zero attached hydrogens (tertiary/aromatic N) is 2. The van der Waals surface area contributed by atoms with Crippen molar-refractivity contribution in [3.63, 3.8) is 0 Å². The molecule has 0 aromatic carbocycles. The highest BCUT2D eigenvalue weighted by atomic mass is 16.7. The number of hydrogen-bond donors (Lipinski definition) is 0. The van der Waals surface area contributed by atoms with E-state index in [9.17, 15) is 9.59 Å². The van der Waals surface area contributed by atoms with Gasteiger partial charge in [0.1, 0.15) is 11.3 Å². The molecular formula is C18H26N2O5. The van der Waals surface area contributed by atoms with Gasteiger partial charge in [-0.05, 0) is 59.8 Å². The van der Waals surface area contributed by atoms with Crippen molar-refractivity contribution in [2.24, 2.45) is 0 Å². The molecule has 1 heterocycles. The van der Waals surface area contributed by atoms with Crippen molar-refractivity contribution in [2.75, 3.05) is 12.2 Å². The lowest BCUT2D eigenvalue weighted by molar-refractivity contribution is -0.0358. The van der Waals surface area contributed by atoms with Gasteiger partial charge >= 0.3 is 12.1 Å². The smallest absolute Gasteiger partial charge is 0.439 e. The number of rotatable bonds is 4. The summed E-state index contributed by atoms with van der Waals surface area (Å²) < 4.78 is 10.2. The number of hydrogen-bond acceptors (Lipinski definition) is 6. The van der Waals surface area contributed by atoms with Gasteiger partial charge in [-0.3, -0.25) is 4.84 Å². The van der Waals surface area contributed by atoms with Crippen LogP contribution in [0.2, 0.25) is 0 Å². The van der Waals surface area contributed by atoms with Crippen LogP contribution < -0.4 is 5.06 Å². The average Bonchev–Trinajstić information content (AvgIpc) is 2.48. The van der Waals surface area contributed by atoms with Crippen LogP contribution in [0.5, 0.6) is 0 Å². The zero-order chi connectivity index (χ0) is 19.4. The second-order valence-corrected chi connectivity index (χ2v) is 7.28. The van der Waals surface area contributed by atoms with Gasteiger partial charge < -0.3 is 9.47 Å². The quantitative estimate of drug-likeness (QED) is 0.604. The van der Waals surface area contributed by atoms with Crippen LogP contribution in [-0.2, 0) is 14.3 Å². The van der Waals surface area contributed by atoms with Crippen LogP contribution in [0.25, 0.3) is 6.08 Å². The summed E-state index contributed by atoms with van der Waals surface area (Å²) in [6.07, 6.45) is 0.722. The first kappa shape index (κ1) is 20.6. The Morgan fingerprint density at radius 3 is 2.16 bits per heavy atom. The van der Waals surface area contributed by atoms with Gasteiger partial charge in [-0.1, -0.05) is 6.58 Å². The summed E-state index contributed by atoms with van der Waals surface area (Å²) in [4.78, 5) is 34.7. The molecule has 0 aliphatic heterocycles. The molecule has 0 fully saturated rings. The molecule has 0 radical (unpaired) electrons. The second kappa shape index (κ2) is 7.65. The summed E-state index contributed by atoms with van der Waals surface area (Å²) in [6, 6.07) is 3.14. The summed E-state index contributed by atoms with van der Waals surface area (Å²) >= 11 is 0. The molecule has 0 aliphatic carbocycles. The van der Waals surface area contributed by atoms with E-state index in [1.54, 1.807) is 47.6 Å². The molecule has 138 valence electrons. The highest BCUT2D eigenvalue weighted by Crippen LogP contribution is 2.26. The number of amides is 1. The predicted molar refractivity (Wildman–Crippen MR) is 95.2 cm³/mol. The van der Waals surface area contributed by atoms with E-state index >= 15 is 0 Å². The molecule has 0 spiro atoms. The predicted octanol–water partition coefficient (Wildman–Crippen LogP) is 3.98. The fourth-order valence-electron chi connectivity index (χ4n) is 1.75. The van der Waals surface area contributed by atoms with E-state index < -0.39 is 23.3 Å². The summed E-state index contributed by atoms with van der Waals surface area (Å²) in [5, 5.41) is 0.928.